The first kappa shape index (κ1) is 16.7. The monoisotopic (exact) mass is 314 g/mol. The van der Waals surface area contributed by atoms with Crippen LogP contribution in [0.2, 0.25) is 0 Å². The van der Waals surface area contributed by atoms with Gasteiger partial charge in [-0.2, -0.15) is 0 Å². The van der Waals surface area contributed by atoms with E-state index in [1.165, 1.54) is 0 Å². The minimum Gasteiger partial charge on any atom is -0.493 e. The number of amides is 1. The molecule has 0 bridgehead atoms. The third-order valence-electron chi connectivity index (χ3n) is 3.11. The summed E-state index contributed by atoms with van der Waals surface area (Å²) in [6, 6.07) is 12.9. The van der Waals surface area contributed by atoms with Crippen LogP contribution in [0.3, 0.4) is 0 Å². The highest BCUT2D eigenvalue weighted by atomic mass is 16.5. The highest BCUT2D eigenvalue weighted by Crippen LogP contribution is 2.09. The Kier molecular flexibility index (Phi) is 6.84. The van der Waals surface area contributed by atoms with Gasteiger partial charge in [0.05, 0.1) is 13.0 Å². The summed E-state index contributed by atoms with van der Waals surface area (Å²) in [7, 11) is 0. The van der Waals surface area contributed by atoms with Gasteiger partial charge in [-0.15, -0.1) is 10.2 Å². The van der Waals surface area contributed by atoms with E-state index in [4.69, 9.17) is 4.74 Å². The van der Waals surface area contributed by atoms with Crippen molar-refractivity contribution in [3.8, 4) is 5.75 Å². The van der Waals surface area contributed by atoms with Crippen LogP contribution >= 0.6 is 0 Å². The highest BCUT2D eigenvalue weighted by Gasteiger charge is 2.05. The van der Waals surface area contributed by atoms with Crippen LogP contribution in [0.4, 0.5) is 11.6 Å². The van der Waals surface area contributed by atoms with Crippen molar-refractivity contribution in [2.24, 2.45) is 0 Å². The van der Waals surface area contributed by atoms with Crippen LogP contribution in [0, 0.1) is 0 Å². The van der Waals surface area contributed by atoms with Gasteiger partial charge in [-0.05, 0) is 30.7 Å². The fraction of sp³-hybridized carbons (Fsp3) is 0.353. The zero-order valence-corrected chi connectivity index (χ0v) is 13.3. The van der Waals surface area contributed by atoms with Gasteiger partial charge in [-0.1, -0.05) is 31.5 Å². The van der Waals surface area contributed by atoms with E-state index in [0.29, 0.717) is 18.2 Å². The molecule has 6 heteroatoms. The van der Waals surface area contributed by atoms with E-state index in [1.54, 1.807) is 12.1 Å². The van der Waals surface area contributed by atoms with Crippen LogP contribution in [-0.4, -0.2) is 29.3 Å². The Balaban J connectivity index is 1.70. The van der Waals surface area contributed by atoms with Gasteiger partial charge in [0.1, 0.15) is 11.6 Å². The van der Waals surface area contributed by atoms with Crippen LogP contribution in [-0.2, 0) is 4.79 Å². The summed E-state index contributed by atoms with van der Waals surface area (Å²) < 4.78 is 5.48. The van der Waals surface area contributed by atoms with Gasteiger partial charge in [-0.25, -0.2) is 0 Å². The molecule has 122 valence electrons. The maximum atomic E-state index is 11.8. The van der Waals surface area contributed by atoms with E-state index in [-0.39, 0.29) is 12.3 Å². The van der Waals surface area contributed by atoms with E-state index in [1.807, 2.05) is 30.3 Å². The summed E-state index contributed by atoms with van der Waals surface area (Å²) in [4.78, 5) is 11.8. The third-order valence-corrected chi connectivity index (χ3v) is 3.11. The summed E-state index contributed by atoms with van der Waals surface area (Å²) >= 11 is 0. The number of hydrogen-bond acceptors (Lipinski definition) is 5. The van der Waals surface area contributed by atoms with Gasteiger partial charge in [0.2, 0.25) is 5.91 Å². The van der Waals surface area contributed by atoms with Crippen molar-refractivity contribution in [3.05, 3.63) is 42.5 Å². The first-order valence-corrected chi connectivity index (χ1v) is 7.83. The Hall–Kier alpha value is -2.63. The molecule has 0 saturated heterocycles. The first-order chi connectivity index (χ1) is 11.3. The van der Waals surface area contributed by atoms with Gasteiger partial charge >= 0.3 is 0 Å². The molecule has 0 atom stereocenters. The standard InChI is InChI=1S/C17H22N4O2/c1-2-3-12-18-15-9-10-16(21-20-15)19-17(22)11-13-23-14-7-5-4-6-8-14/h4-10H,2-3,11-13H2,1H3,(H,18,20)(H,19,21,22). The summed E-state index contributed by atoms with van der Waals surface area (Å²) in [5.41, 5.74) is 0. The van der Waals surface area contributed by atoms with Crippen LogP contribution in [0.1, 0.15) is 26.2 Å². The maximum Gasteiger partial charge on any atom is 0.229 e. The Morgan fingerprint density at radius 3 is 2.52 bits per heavy atom. The molecule has 2 aromatic rings. The highest BCUT2D eigenvalue weighted by molar-refractivity contribution is 5.89. The number of nitrogens with zero attached hydrogens (tertiary/aromatic N) is 2. The maximum absolute atomic E-state index is 11.8. The fourth-order valence-corrected chi connectivity index (χ4v) is 1.87. The van der Waals surface area contributed by atoms with Crippen molar-refractivity contribution in [3.63, 3.8) is 0 Å². The van der Waals surface area contributed by atoms with Crippen molar-refractivity contribution >= 4 is 17.5 Å². The molecule has 0 aliphatic rings. The lowest BCUT2D eigenvalue weighted by Gasteiger charge is -2.07. The van der Waals surface area contributed by atoms with Crippen LogP contribution in [0.5, 0.6) is 5.75 Å². The normalized spacial score (nSPS) is 10.1. The van der Waals surface area contributed by atoms with Crippen molar-refractivity contribution in [2.45, 2.75) is 26.2 Å². The van der Waals surface area contributed by atoms with Gasteiger partial charge < -0.3 is 15.4 Å². The van der Waals surface area contributed by atoms with Crippen LogP contribution in [0.25, 0.3) is 0 Å². The van der Waals surface area contributed by atoms with Crippen LogP contribution in [0.15, 0.2) is 42.5 Å². The molecule has 0 unspecified atom stereocenters. The number of carbonyl (C=O) groups excluding carboxylic acids is 1. The van der Waals surface area contributed by atoms with E-state index < -0.39 is 0 Å². The van der Waals surface area contributed by atoms with E-state index in [0.717, 1.165) is 25.1 Å². The molecule has 1 aromatic carbocycles. The molecule has 0 radical (unpaired) electrons. The molecule has 1 amide bonds. The zero-order valence-electron chi connectivity index (χ0n) is 13.3. The molecule has 6 nitrogen and oxygen atoms in total. The number of ether oxygens (including phenoxy) is 1. The second-order valence-electron chi connectivity index (χ2n) is 5.04. The lowest BCUT2D eigenvalue weighted by Crippen LogP contribution is -2.16. The third kappa shape index (κ3) is 6.34. The van der Waals surface area contributed by atoms with Crippen LogP contribution < -0.4 is 15.4 Å². The van der Waals surface area contributed by atoms with E-state index in [2.05, 4.69) is 27.8 Å². The molecule has 1 heterocycles. The summed E-state index contributed by atoms with van der Waals surface area (Å²) in [5, 5.41) is 13.9. The minimum absolute atomic E-state index is 0.151. The van der Waals surface area contributed by atoms with Crippen molar-refractivity contribution in [1.82, 2.24) is 10.2 Å². The number of carbonyl (C=O) groups is 1. The summed E-state index contributed by atoms with van der Waals surface area (Å²) in [5.74, 6) is 1.75. The quantitative estimate of drug-likeness (QED) is 0.696. The second kappa shape index (κ2) is 9.40. The minimum atomic E-state index is -0.151. The summed E-state index contributed by atoms with van der Waals surface area (Å²) in [6.45, 7) is 3.32. The van der Waals surface area contributed by atoms with Gasteiger partial charge in [0.15, 0.2) is 5.82 Å². The average molecular weight is 314 g/mol. The smallest absolute Gasteiger partial charge is 0.229 e. The number of anilines is 2. The number of unbranched alkanes of at least 4 members (excludes halogenated alkanes) is 1. The van der Waals surface area contributed by atoms with Gasteiger partial charge in [0.25, 0.3) is 0 Å². The predicted octanol–water partition coefficient (Wildman–Crippen LogP) is 3.10. The Bertz CT molecular complexity index is 587. The average Bonchev–Trinajstić information content (AvgIpc) is 2.58. The molecule has 0 fully saturated rings. The molecule has 0 spiro atoms. The number of benzene rings is 1. The lowest BCUT2D eigenvalue weighted by molar-refractivity contribution is -0.116. The fourth-order valence-electron chi connectivity index (χ4n) is 1.87. The van der Waals surface area contributed by atoms with Crippen molar-refractivity contribution < 1.29 is 9.53 Å². The number of hydrogen-bond donors (Lipinski definition) is 2. The molecule has 1 aromatic heterocycles. The Labute approximate surface area is 136 Å². The topological polar surface area (TPSA) is 76.1 Å². The summed E-state index contributed by atoms with van der Waals surface area (Å²) in [6.07, 6.45) is 2.47. The molecule has 2 N–H and O–H groups in total. The molecule has 2 rings (SSSR count). The molecular weight excluding hydrogens is 292 g/mol. The molecule has 23 heavy (non-hydrogen) atoms. The van der Waals surface area contributed by atoms with Gasteiger partial charge in [0, 0.05) is 6.54 Å². The number of aromatic nitrogens is 2. The molecule has 0 saturated carbocycles. The first-order valence-electron chi connectivity index (χ1n) is 7.83. The van der Waals surface area contributed by atoms with Crippen molar-refractivity contribution in [2.75, 3.05) is 23.8 Å². The Morgan fingerprint density at radius 2 is 1.83 bits per heavy atom. The zero-order chi connectivity index (χ0) is 16.3. The SMILES string of the molecule is CCCCNc1ccc(NC(=O)CCOc2ccccc2)nn1. The predicted molar refractivity (Wildman–Crippen MR) is 90.6 cm³/mol. The Morgan fingerprint density at radius 1 is 1.09 bits per heavy atom. The van der Waals surface area contributed by atoms with Crippen molar-refractivity contribution in [1.29, 1.82) is 0 Å². The number of rotatable bonds is 9. The molecular formula is C17H22N4O2. The lowest BCUT2D eigenvalue weighted by atomic mass is 10.3. The number of nitrogens with one attached hydrogen (secondary N) is 2. The largest absolute Gasteiger partial charge is 0.493 e. The van der Waals surface area contributed by atoms with Gasteiger partial charge in [-0.3, -0.25) is 4.79 Å². The molecule has 0 aliphatic heterocycles. The van der Waals surface area contributed by atoms with E-state index >= 15 is 0 Å². The second-order valence-corrected chi connectivity index (χ2v) is 5.04. The van der Waals surface area contributed by atoms with E-state index in [9.17, 15) is 4.79 Å². The number of para-hydroxylation sites is 1. The molecule has 0 aliphatic carbocycles.